The average molecular weight is 1090 g/mol. The van der Waals surface area contributed by atoms with Crippen molar-refractivity contribution in [3.05, 3.63) is 100 Å². The smallest absolute Gasteiger partial charge is 0.407 e. The lowest BCUT2D eigenvalue weighted by Gasteiger charge is -2.37. The van der Waals surface area contributed by atoms with Crippen LogP contribution in [-0.4, -0.2) is 119 Å². The fourth-order valence-corrected chi connectivity index (χ4v) is 15.0. The third kappa shape index (κ3) is 10.5. The number of methoxy groups -OCH3 is 4. The molecule has 2 saturated heterocycles. The Morgan fingerprint density at radius 2 is 1.18 bits per heavy atom. The molecule has 426 valence electrons. The van der Waals surface area contributed by atoms with Crippen LogP contribution in [0.4, 0.5) is 9.59 Å². The third-order valence-electron chi connectivity index (χ3n) is 19.5. The zero-order valence-corrected chi connectivity index (χ0v) is 48.1. The number of aryl methyl sites for hydroxylation is 3. The number of allylic oxidation sites excluding steroid dienone is 4. The van der Waals surface area contributed by atoms with E-state index in [0.717, 1.165) is 142 Å². The number of imidazole rings is 2. The summed E-state index contributed by atoms with van der Waals surface area (Å²) in [5, 5.41) is 5.56. The first-order valence-corrected chi connectivity index (χ1v) is 29.8. The fourth-order valence-electron chi connectivity index (χ4n) is 15.0. The number of nitrogens with zero attached hydrogens (tertiary/aromatic N) is 4. The second kappa shape index (κ2) is 23.5. The highest BCUT2D eigenvalue weighted by Crippen LogP contribution is 2.49. The zero-order chi connectivity index (χ0) is 55.9. The average Bonchev–Trinajstić information content (AvgIpc) is 4.35. The minimum atomic E-state index is -0.906. The molecule has 14 rings (SSSR count). The predicted molar refractivity (Wildman–Crippen MR) is 308 cm³/mol. The van der Waals surface area contributed by atoms with Crippen LogP contribution in [0.25, 0.3) is 38.8 Å². The van der Waals surface area contributed by atoms with E-state index in [4.69, 9.17) is 28.9 Å². The van der Waals surface area contributed by atoms with Crippen molar-refractivity contribution < 1.29 is 38.1 Å². The molecular weight excluding hydrogens is 1010 g/mol. The van der Waals surface area contributed by atoms with Gasteiger partial charge in [-0.05, 0) is 183 Å². The number of H-pyrrole nitrogens is 2. The van der Waals surface area contributed by atoms with Gasteiger partial charge in [-0.3, -0.25) is 9.59 Å². The molecule has 0 spiro atoms. The van der Waals surface area contributed by atoms with Crippen molar-refractivity contribution >= 4 is 51.6 Å². The lowest BCUT2D eigenvalue weighted by atomic mass is 9.74. The van der Waals surface area contributed by atoms with Crippen LogP contribution in [0, 0.1) is 23.7 Å². The molecule has 7 aliphatic carbocycles. The number of hydrogen-bond donors (Lipinski definition) is 4. The molecule has 3 aromatic carbocycles. The van der Waals surface area contributed by atoms with Gasteiger partial charge in [-0.15, -0.1) is 0 Å². The van der Waals surface area contributed by atoms with E-state index in [1.54, 1.807) is 28.1 Å². The molecule has 4 N–H and O–H groups in total. The summed E-state index contributed by atoms with van der Waals surface area (Å²) in [6, 6.07) is 15.9. The van der Waals surface area contributed by atoms with Crippen LogP contribution < -0.4 is 10.6 Å². The number of rotatable bonds is 14. The summed E-state index contributed by atoms with van der Waals surface area (Å²) in [5.41, 5.74) is 14.0. The van der Waals surface area contributed by atoms with E-state index in [1.165, 1.54) is 53.2 Å². The normalized spacial score (nSPS) is 26.1. The first-order chi connectivity index (χ1) is 38.8. The minimum Gasteiger partial charge on any atom is -0.453 e. The quantitative estimate of drug-likeness (QED) is 0.0831. The highest BCUT2D eigenvalue weighted by molar-refractivity contribution is 5.90. The molecule has 4 amide bonds. The number of carbonyl (C=O) groups is 4. The number of likely N-dealkylation sites (tertiary alicyclic amines) is 2. The molecule has 4 bridgehead atoms. The van der Waals surface area contributed by atoms with E-state index >= 15 is 0 Å². The van der Waals surface area contributed by atoms with Gasteiger partial charge in [0.25, 0.3) is 0 Å². The number of aromatic amines is 2. The molecule has 2 aliphatic heterocycles. The summed E-state index contributed by atoms with van der Waals surface area (Å²) in [6.45, 7) is 8.20. The highest BCUT2D eigenvalue weighted by Gasteiger charge is 2.50. The van der Waals surface area contributed by atoms with Crippen molar-refractivity contribution in [3.8, 4) is 11.1 Å². The van der Waals surface area contributed by atoms with Gasteiger partial charge in [-0.2, -0.15) is 0 Å². The van der Waals surface area contributed by atoms with Gasteiger partial charge in [0.1, 0.15) is 23.7 Å². The van der Waals surface area contributed by atoms with Gasteiger partial charge in [0.15, 0.2) is 0 Å². The predicted octanol–water partition coefficient (Wildman–Crippen LogP) is 11.4. The SMILES string of the molecule is CCc1cc2c(-c3ccc4nc([C@@H]5C[C@@H]6CCCC[C@@H]6N5C(=O)[C@@H](NC(=O)OC)[C@@H](C)OC)[nH]c4c3)cc1CCC1=C[C@@H](CC)[C@H](C=C1c1ccc3nc([C@@H]4C[C@@H]5CCCC[C@@H]5N4C(=O)[C@@H](NC(=O)OC)[C@@H](C)OC)[nH]c3c1)CC2. The Bertz CT molecular complexity index is 3200. The van der Waals surface area contributed by atoms with Gasteiger partial charge in [-0.25, -0.2) is 19.6 Å². The third-order valence-corrected chi connectivity index (χ3v) is 19.5. The van der Waals surface area contributed by atoms with Crippen molar-refractivity contribution in [3.63, 3.8) is 0 Å². The Hall–Kier alpha value is -6.52. The van der Waals surface area contributed by atoms with Crippen molar-refractivity contribution in [2.75, 3.05) is 28.4 Å². The molecule has 16 heteroatoms. The number of nitrogens with one attached hydrogen (secondary N) is 4. The summed E-state index contributed by atoms with van der Waals surface area (Å²) >= 11 is 0. The molecular formula is C64H82N8O8. The lowest BCUT2D eigenvalue weighted by molar-refractivity contribution is -0.141. The van der Waals surface area contributed by atoms with Gasteiger partial charge in [-0.1, -0.05) is 75.9 Å². The maximum atomic E-state index is 14.7. The number of benzene rings is 3. The van der Waals surface area contributed by atoms with Crippen LogP contribution >= 0.6 is 0 Å². The number of fused-ring (bicyclic) bond motifs is 4. The number of ether oxygens (including phenoxy) is 4. The molecule has 4 heterocycles. The molecule has 5 aromatic rings. The van der Waals surface area contributed by atoms with Crippen molar-refractivity contribution in [1.29, 1.82) is 0 Å². The number of alkyl carbamates (subject to hydrolysis) is 2. The summed E-state index contributed by atoms with van der Waals surface area (Å²) in [4.78, 5) is 76.3. The highest BCUT2D eigenvalue weighted by atomic mass is 16.5. The van der Waals surface area contributed by atoms with Crippen molar-refractivity contribution in [2.24, 2.45) is 23.7 Å². The van der Waals surface area contributed by atoms with Gasteiger partial charge in [0.05, 0.1) is 60.6 Å². The maximum absolute atomic E-state index is 14.7. The number of aromatic nitrogens is 4. The molecule has 12 atom stereocenters. The number of carbonyl (C=O) groups excluding carboxylic acids is 4. The van der Waals surface area contributed by atoms with E-state index < -0.39 is 36.5 Å². The van der Waals surface area contributed by atoms with Gasteiger partial charge < -0.3 is 49.3 Å². The second-order valence-corrected chi connectivity index (χ2v) is 23.7. The molecule has 2 aromatic heterocycles. The van der Waals surface area contributed by atoms with Crippen molar-refractivity contribution in [1.82, 2.24) is 40.4 Å². The van der Waals surface area contributed by atoms with Gasteiger partial charge >= 0.3 is 12.2 Å². The van der Waals surface area contributed by atoms with Gasteiger partial charge in [0.2, 0.25) is 11.8 Å². The molecule has 80 heavy (non-hydrogen) atoms. The second-order valence-electron chi connectivity index (χ2n) is 23.7. The van der Waals surface area contributed by atoms with Crippen LogP contribution in [0.3, 0.4) is 0 Å². The van der Waals surface area contributed by atoms with Crippen LogP contribution in [0.15, 0.2) is 66.3 Å². The fraction of sp³-hybridized carbons (Fsp3) is 0.562. The standard InChI is InChI=1S/C64H82N8O8/c1-9-37-27-41-22-20-40-30-48(44-24-26-50-52(32-44)68-60(66-50)56-34-46-16-12-14-18-54(46)72(56)62(74)58(36(4)78-6)70-64(76)80-8)42(28-38(40)10-2)21-19-39(37)29-47(41)43-23-25-49-51(31-43)67-59(65-49)55-33-45-15-11-13-17-53(45)71(55)61(73)57(35(3)77-5)69-63(75)79-7/h23-32,35-37,39,45-46,53-58H,9-22,33-34H2,1-8H3,(H,65,67)(H,66,68)(H,69,75)(H,70,76)/t35-,36-,37-,39+,45+,46+,53+,54+,55+,56+,57+,58+/m1/s1. The summed E-state index contributed by atoms with van der Waals surface area (Å²) in [7, 11) is 5.72. The Balaban J connectivity index is 0.881. The Morgan fingerprint density at radius 3 is 1.70 bits per heavy atom. The Kier molecular flexibility index (Phi) is 16.3. The molecule has 0 radical (unpaired) electrons. The summed E-state index contributed by atoms with van der Waals surface area (Å²) in [5.74, 6) is 2.67. The van der Waals surface area contributed by atoms with Gasteiger partial charge in [0, 0.05) is 26.3 Å². The number of amides is 4. The largest absolute Gasteiger partial charge is 0.453 e. The van der Waals surface area contributed by atoms with E-state index in [0.29, 0.717) is 23.7 Å². The Labute approximate surface area is 470 Å². The first-order valence-electron chi connectivity index (χ1n) is 29.8. The van der Waals surface area contributed by atoms with Crippen LogP contribution in [0.2, 0.25) is 0 Å². The molecule has 16 nitrogen and oxygen atoms in total. The van der Waals surface area contributed by atoms with Crippen LogP contribution in [0.5, 0.6) is 0 Å². The van der Waals surface area contributed by atoms with Crippen LogP contribution in [-0.2, 0) is 47.8 Å². The van der Waals surface area contributed by atoms with E-state index in [9.17, 15) is 19.2 Å². The first kappa shape index (κ1) is 55.4. The van der Waals surface area contributed by atoms with E-state index in [1.807, 2.05) is 9.80 Å². The summed E-state index contributed by atoms with van der Waals surface area (Å²) in [6.07, 6.45) is 18.4. The van der Waals surface area contributed by atoms with E-state index in [2.05, 4.69) is 95.1 Å². The maximum Gasteiger partial charge on any atom is 0.407 e. The zero-order valence-electron chi connectivity index (χ0n) is 48.1. The summed E-state index contributed by atoms with van der Waals surface area (Å²) < 4.78 is 21.2. The molecule has 0 unspecified atom stereocenters. The molecule has 9 aliphatic rings. The Morgan fingerprint density at radius 1 is 0.637 bits per heavy atom. The molecule has 2 saturated carbocycles. The van der Waals surface area contributed by atoms with Crippen molar-refractivity contribution in [2.45, 2.75) is 179 Å². The topological polar surface area (TPSA) is 193 Å². The number of hydrogen-bond acceptors (Lipinski definition) is 10. The lowest BCUT2D eigenvalue weighted by Crippen LogP contribution is -2.56. The monoisotopic (exact) mass is 1090 g/mol. The van der Waals surface area contributed by atoms with E-state index in [-0.39, 0.29) is 36.0 Å². The molecule has 4 fully saturated rings. The minimum absolute atomic E-state index is 0.0566. The van der Waals surface area contributed by atoms with Crippen LogP contribution in [0.1, 0.15) is 157 Å².